The summed E-state index contributed by atoms with van der Waals surface area (Å²) in [7, 11) is 1.50. The maximum absolute atomic E-state index is 13.2. The van der Waals surface area contributed by atoms with Crippen molar-refractivity contribution < 1.29 is 13.9 Å². The molecule has 3 aromatic rings. The van der Waals surface area contributed by atoms with Gasteiger partial charge in [-0.15, -0.1) is 0 Å². The van der Waals surface area contributed by atoms with Gasteiger partial charge in [-0.2, -0.15) is 5.10 Å². The van der Waals surface area contributed by atoms with E-state index in [0.717, 1.165) is 5.56 Å². The van der Waals surface area contributed by atoms with Crippen LogP contribution >= 0.6 is 11.6 Å². The van der Waals surface area contributed by atoms with Crippen molar-refractivity contribution in [2.24, 2.45) is 0 Å². The standard InChI is InChI=1S/C18H16ClFN4O2/c1-26-17-6-5-13(19)8-16(17)23-18(25)22-15-9-21-24(11-15)10-12-3-2-4-14(20)7-12/h2-9,11H,10H2,1H3,(H2,22,23,25). The van der Waals surface area contributed by atoms with Crippen LogP contribution in [0.15, 0.2) is 54.9 Å². The van der Waals surface area contributed by atoms with Crippen molar-refractivity contribution in [2.45, 2.75) is 6.54 Å². The fraction of sp³-hybridized carbons (Fsp3) is 0.111. The molecule has 0 aliphatic heterocycles. The molecule has 0 aliphatic rings. The van der Waals surface area contributed by atoms with E-state index in [2.05, 4.69) is 15.7 Å². The number of hydrogen-bond donors (Lipinski definition) is 2. The van der Waals surface area contributed by atoms with E-state index < -0.39 is 6.03 Å². The van der Waals surface area contributed by atoms with Crippen molar-refractivity contribution in [1.29, 1.82) is 0 Å². The predicted octanol–water partition coefficient (Wildman–Crippen LogP) is 4.38. The van der Waals surface area contributed by atoms with Crippen LogP contribution in [0.4, 0.5) is 20.6 Å². The summed E-state index contributed by atoms with van der Waals surface area (Å²) >= 11 is 5.94. The number of ether oxygens (including phenoxy) is 1. The van der Waals surface area contributed by atoms with Gasteiger partial charge < -0.3 is 15.4 Å². The van der Waals surface area contributed by atoms with E-state index in [1.165, 1.54) is 25.4 Å². The summed E-state index contributed by atoms with van der Waals surface area (Å²) < 4.78 is 20.0. The van der Waals surface area contributed by atoms with Crippen molar-refractivity contribution in [2.75, 3.05) is 17.7 Å². The van der Waals surface area contributed by atoms with Gasteiger partial charge in [-0.25, -0.2) is 9.18 Å². The van der Waals surface area contributed by atoms with Crippen LogP contribution in [0.1, 0.15) is 5.56 Å². The Bertz CT molecular complexity index is 929. The van der Waals surface area contributed by atoms with E-state index in [1.54, 1.807) is 41.2 Å². The minimum Gasteiger partial charge on any atom is -0.495 e. The zero-order valence-electron chi connectivity index (χ0n) is 13.9. The molecule has 0 atom stereocenters. The Balaban J connectivity index is 1.64. The van der Waals surface area contributed by atoms with Crippen LogP contribution in [0, 0.1) is 5.82 Å². The molecule has 0 spiro atoms. The largest absolute Gasteiger partial charge is 0.495 e. The number of carbonyl (C=O) groups is 1. The SMILES string of the molecule is COc1ccc(Cl)cc1NC(=O)Nc1cnn(Cc2cccc(F)c2)c1. The Morgan fingerprint density at radius 3 is 2.88 bits per heavy atom. The molecule has 1 aromatic heterocycles. The molecule has 0 radical (unpaired) electrons. The summed E-state index contributed by atoms with van der Waals surface area (Å²) in [6, 6.07) is 10.7. The van der Waals surface area contributed by atoms with Crippen LogP contribution in [0.25, 0.3) is 0 Å². The summed E-state index contributed by atoms with van der Waals surface area (Å²) in [5.41, 5.74) is 1.72. The van der Waals surface area contributed by atoms with Crippen LogP contribution in [0.3, 0.4) is 0 Å². The Labute approximate surface area is 154 Å². The van der Waals surface area contributed by atoms with Gasteiger partial charge in [0.25, 0.3) is 0 Å². The first kappa shape index (κ1) is 17.8. The van der Waals surface area contributed by atoms with Crippen molar-refractivity contribution >= 4 is 29.0 Å². The normalized spacial score (nSPS) is 10.4. The number of methoxy groups -OCH3 is 1. The van der Waals surface area contributed by atoms with Crippen molar-refractivity contribution in [1.82, 2.24) is 9.78 Å². The van der Waals surface area contributed by atoms with E-state index in [4.69, 9.17) is 16.3 Å². The molecule has 0 saturated carbocycles. The lowest BCUT2D eigenvalue weighted by Gasteiger charge is -2.10. The average Bonchev–Trinajstić information content (AvgIpc) is 3.01. The fourth-order valence-electron chi connectivity index (χ4n) is 2.40. The van der Waals surface area contributed by atoms with E-state index >= 15 is 0 Å². The molecular weight excluding hydrogens is 359 g/mol. The summed E-state index contributed by atoms with van der Waals surface area (Å²) in [5.74, 6) is 0.189. The van der Waals surface area contributed by atoms with Crippen LogP contribution in [-0.4, -0.2) is 22.9 Å². The zero-order chi connectivity index (χ0) is 18.5. The highest BCUT2D eigenvalue weighted by Gasteiger charge is 2.10. The van der Waals surface area contributed by atoms with Crippen LogP contribution in [0.5, 0.6) is 5.75 Å². The van der Waals surface area contributed by atoms with Gasteiger partial charge in [0, 0.05) is 11.2 Å². The van der Waals surface area contributed by atoms with E-state index in [0.29, 0.717) is 28.7 Å². The molecule has 134 valence electrons. The highest BCUT2D eigenvalue weighted by Crippen LogP contribution is 2.27. The quantitative estimate of drug-likeness (QED) is 0.696. The van der Waals surface area contributed by atoms with E-state index in [9.17, 15) is 9.18 Å². The number of carbonyl (C=O) groups excluding carboxylic acids is 1. The van der Waals surface area contributed by atoms with Gasteiger partial charge in [0.2, 0.25) is 0 Å². The number of nitrogens with one attached hydrogen (secondary N) is 2. The third-order valence-corrected chi connectivity index (χ3v) is 3.77. The number of hydrogen-bond acceptors (Lipinski definition) is 3. The third-order valence-electron chi connectivity index (χ3n) is 3.53. The zero-order valence-corrected chi connectivity index (χ0v) is 14.6. The van der Waals surface area contributed by atoms with Crippen LogP contribution in [0.2, 0.25) is 5.02 Å². The van der Waals surface area contributed by atoms with E-state index in [1.807, 2.05) is 0 Å². The van der Waals surface area contributed by atoms with Gasteiger partial charge in [0.15, 0.2) is 0 Å². The van der Waals surface area contributed by atoms with Gasteiger partial charge in [-0.1, -0.05) is 23.7 Å². The highest BCUT2D eigenvalue weighted by atomic mass is 35.5. The first-order valence-electron chi connectivity index (χ1n) is 7.72. The molecule has 0 bridgehead atoms. The second kappa shape index (κ2) is 7.88. The topological polar surface area (TPSA) is 68.2 Å². The summed E-state index contributed by atoms with van der Waals surface area (Å²) in [4.78, 5) is 12.2. The summed E-state index contributed by atoms with van der Waals surface area (Å²) in [5, 5.41) is 9.97. The minimum atomic E-state index is -0.462. The number of aromatic nitrogens is 2. The average molecular weight is 375 g/mol. The molecule has 8 heteroatoms. The van der Waals surface area contributed by atoms with E-state index in [-0.39, 0.29) is 5.82 Å². The molecule has 1 heterocycles. The maximum Gasteiger partial charge on any atom is 0.323 e. The van der Waals surface area contributed by atoms with Crippen LogP contribution < -0.4 is 15.4 Å². The Morgan fingerprint density at radius 1 is 1.27 bits per heavy atom. The van der Waals surface area contributed by atoms with Gasteiger partial charge >= 0.3 is 6.03 Å². The Hall–Kier alpha value is -3.06. The van der Waals surface area contributed by atoms with Gasteiger partial charge in [-0.3, -0.25) is 4.68 Å². The van der Waals surface area contributed by atoms with Crippen LogP contribution in [-0.2, 0) is 6.54 Å². The molecule has 2 aromatic carbocycles. The smallest absolute Gasteiger partial charge is 0.323 e. The predicted molar refractivity (Wildman–Crippen MR) is 98.4 cm³/mol. The fourth-order valence-corrected chi connectivity index (χ4v) is 2.57. The Morgan fingerprint density at radius 2 is 2.12 bits per heavy atom. The number of urea groups is 1. The lowest BCUT2D eigenvalue weighted by molar-refractivity contribution is 0.262. The lowest BCUT2D eigenvalue weighted by Crippen LogP contribution is -2.19. The first-order chi connectivity index (χ1) is 12.5. The van der Waals surface area contributed by atoms with Gasteiger partial charge in [-0.05, 0) is 35.9 Å². The monoisotopic (exact) mass is 374 g/mol. The van der Waals surface area contributed by atoms with Crippen molar-refractivity contribution in [3.05, 3.63) is 71.3 Å². The number of anilines is 2. The van der Waals surface area contributed by atoms with Gasteiger partial charge in [0.05, 0.1) is 31.2 Å². The third kappa shape index (κ3) is 4.52. The molecule has 3 rings (SSSR count). The summed E-state index contributed by atoms with van der Waals surface area (Å²) in [6.45, 7) is 0.392. The molecule has 6 nitrogen and oxygen atoms in total. The molecule has 2 N–H and O–H groups in total. The highest BCUT2D eigenvalue weighted by molar-refractivity contribution is 6.31. The lowest BCUT2D eigenvalue weighted by atomic mass is 10.2. The number of rotatable bonds is 5. The second-order valence-corrected chi connectivity index (χ2v) is 5.92. The molecule has 0 unspecified atom stereocenters. The number of benzene rings is 2. The number of amides is 2. The maximum atomic E-state index is 13.2. The minimum absolute atomic E-state index is 0.303. The first-order valence-corrected chi connectivity index (χ1v) is 8.10. The Kier molecular flexibility index (Phi) is 5.38. The number of halogens is 2. The van der Waals surface area contributed by atoms with Crippen molar-refractivity contribution in [3.8, 4) is 5.75 Å². The molecule has 26 heavy (non-hydrogen) atoms. The number of nitrogens with zero attached hydrogens (tertiary/aromatic N) is 2. The summed E-state index contributed by atoms with van der Waals surface area (Å²) in [6.07, 6.45) is 3.16. The molecule has 0 saturated heterocycles. The molecular formula is C18H16ClFN4O2. The van der Waals surface area contributed by atoms with Gasteiger partial charge in [0.1, 0.15) is 11.6 Å². The van der Waals surface area contributed by atoms with Crippen molar-refractivity contribution in [3.63, 3.8) is 0 Å². The second-order valence-electron chi connectivity index (χ2n) is 5.48. The molecule has 2 amide bonds. The molecule has 0 aliphatic carbocycles. The molecule has 0 fully saturated rings.